The van der Waals surface area contributed by atoms with Crippen LogP contribution in [0.15, 0.2) is 46.8 Å². The normalized spacial score (nSPS) is 11.0. The van der Waals surface area contributed by atoms with Crippen molar-refractivity contribution >= 4 is 44.9 Å². The Labute approximate surface area is 137 Å². The van der Waals surface area contributed by atoms with Gasteiger partial charge in [0.05, 0.1) is 0 Å². The average molecular weight is 329 g/mol. The molecule has 0 saturated carbocycles. The number of aromatic nitrogens is 2. The fourth-order valence-electron chi connectivity index (χ4n) is 2.10. The van der Waals surface area contributed by atoms with E-state index < -0.39 is 0 Å². The molecule has 6 heteroatoms. The van der Waals surface area contributed by atoms with Crippen LogP contribution in [-0.2, 0) is 0 Å². The third-order valence-electron chi connectivity index (χ3n) is 3.00. The molecule has 0 spiro atoms. The van der Waals surface area contributed by atoms with Crippen molar-refractivity contribution in [1.82, 2.24) is 10.2 Å². The summed E-state index contributed by atoms with van der Waals surface area (Å²) in [6.07, 6.45) is 0. The number of nitrogens with one attached hydrogen (secondary N) is 1. The maximum absolute atomic E-state index is 12.5. The van der Waals surface area contributed by atoms with Crippen LogP contribution in [0.1, 0.15) is 24.2 Å². The summed E-state index contributed by atoms with van der Waals surface area (Å²) in [7, 11) is 0. The zero-order valence-corrected chi connectivity index (χ0v) is 13.9. The summed E-state index contributed by atoms with van der Waals surface area (Å²) in [6.45, 7) is 4.20. The van der Waals surface area contributed by atoms with Crippen LogP contribution in [0.2, 0.25) is 0 Å². The van der Waals surface area contributed by atoms with Crippen molar-refractivity contribution in [2.45, 2.75) is 23.4 Å². The quantitative estimate of drug-likeness (QED) is 0.568. The molecule has 112 valence electrons. The number of anilines is 1. The van der Waals surface area contributed by atoms with E-state index in [0.29, 0.717) is 15.9 Å². The lowest BCUT2D eigenvalue weighted by molar-refractivity contribution is 0.102. The summed E-state index contributed by atoms with van der Waals surface area (Å²) in [5, 5.41) is 13.9. The van der Waals surface area contributed by atoms with Gasteiger partial charge in [0, 0.05) is 10.8 Å². The first-order valence-electron chi connectivity index (χ1n) is 6.93. The van der Waals surface area contributed by atoms with Gasteiger partial charge in [0.1, 0.15) is 0 Å². The van der Waals surface area contributed by atoms with Crippen LogP contribution in [0.25, 0.3) is 10.8 Å². The number of nitrogens with zero attached hydrogens (tertiary/aromatic N) is 2. The molecule has 3 aromatic rings. The Morgan fingerprint density at radius 1 is 1.14 bits per heavy atom. The lowest BCUT2D eigenvalue weighted by Crippen LogP contribution is -2.12. The van der Waals surface area contributed by atoms with Gasteiger partial charge >= 0.3 is 0 Å². The van der Waals surface area contributed by atoms with Crippen LogP contribution >= 0.6 is 23.1 Å². The van der Waals surface area contributed by atoms with Crippen molar-refractivity contribution in [3.63, 3.8) is 0 Å². The summed E-state index contributed by atoms with van der Waals surface area (Å²) < 4.78 is 0.864. The first-order valence-corrected chi connectivity index (χ1v) is 8.62. The molecule has 0 unspecified atom stereocenters. The molecule has 0 fully saturated rings. The Morgan fingerprint density at radius 3 is 2.73 bits per heavy atom. The fourth-order valence-corrected chi connectivity index (χ4v) is 4.07. The van der Waals surface area contributed by atoms with Gasteiger partial charge in [-0.3, -0.25) is 10.1 Å². The average Bonchev–Trinajstić information content (AvgIpc) is 2.92. The zero-order chi connectivity index (χ0) is 15.5. The Bertz CT molecular complexity index is 809. The topological polar surface area (TPSA) is 54.9 Å². The number of rotatable bonds is 4. The molecule has 0 radical (unpaired) electrons. The Balaban J connectivity index is 1.83. The minimum Gasteiger partial charge on any atom is -0.296 e. The van der Waals surface area contributed by atoms with E-state index in [0.717, 1.165) is 15.1 Å². The first kappa shape index (κ1) is 15.0. The predicted octanol–water partition coefficient (Wildman–Crippen LogP) is 4.44. The van der Waals surface area contributed by atoms with Crippen LogP contribution in [0.4, 0.5) is 5.13 Å². The van der Waals surface area contributed by atoms with Gasteiger partial charge < -0.3 is 0 Å². The number of hydrogen-bond donors (Lipinski definition) is 1. The van der Waals surface area contributed by atoms with E-state index in [1.54, 1.807) is 11.8 Å². The molecule has 0 aliphatic carbocycles. The molecule has 4 nitrogen and oxygen atoms in total. The molecule has 1 aromatic heterocycles. The summed E-state index contributed by atoms with van der Waals surface area (Å²) >= 11 is 3.04. The maximum atomic E-state index is 12.5. The fraction of sp³-hybridized carbons (Fsp3) is 0.188. The van der Waals surface area contributed by atoms with E-state index in [-0.39, 0.29) is 5.91 Å². The zero-order valence-electron chi connectivity index (χ0n) is 12.2. The summed E-state index contributed by atoms with van der Waals surface area (Å²) in [4.78, 5) is 12.5. The number of hydrogen-bond acceptors (Lipinski definition) is 5. The molecule has 1 amide bonds. The summed E-state index contributed by atoms with van der Waals surface area (Å²) in [5.41, 5.74) is 0.645. The van der Waals surface area contributed by atoms with Crippen molar-refractivity contribution in [3.05, 3.63) is 48.0 Å². The Kier molecular flexibility index (Phi) is 4.40. The van der Waals surface area contributed by atoms with E-state index in [1.165, 1.54) is 11.3 Å². The van der Waals surface area contributed by atoms with Gasteiger partial charge in [-0.25, -0.2) is 0 Å². The van der Waals surface area contributed by atoms with Crippen LogP contribution in [0.3, 0.4) is 0 Å². The number of benzene rings is 2. The maximum Gasteiger partial charge on any atom is 0.258 e. The number of carbonyl (C=O) groups excluding carboxylic acids is 1. The minimum absolute atomic E-state index is 0.158. The van der Waals surface area contributed by atoms with Crippen LogP contribution in [0, 0.1) is 0 Å². The van der Waals surface area contributed by atoms with Gasteiger partial charge in [-0.05, 0) is 16.8 Å². The first-order chi connectivity index (χ1) is 10.6. The van der Waals surface area contributed by atoms with Gasteiger partial charge in [-0.15, -0.1) is 10.2 Å². The molecule has 0 aliphatic rings. The second kappa shape index (κ2) is 6.46. The summed E-state index contributed by atoms with van der Waals surface area (Å²) in [6, 6.07) is 13.5. The highest BCUT2D eigenvalue weighted by molar-refractivity contribution is 8.01. The standard InChI is InChI=1S/C16H15N3OS2/c1-10(2)21-16-19-18-15(22-16)17-14(20)13-9-5-7-11-6-3-4-8-12(11)13/h3-10H,1-2H3,(H,17,18,20). The van der Waals surface area contributed by atoms with Gasteiger partial charge in [-0.1, -0.05) is 73.3 Å². The third kappa shape index (κ3) is 3.28. The lowest BCUT2D eigenvalue weighted by Gasteiger charge is -2.05. The molecule has 0 atom stereocenters. The van der Waals surface area contributed by atoms with Crippen molar-refractivity contribution in [1.29, 1.82) is 0 Å². The van der Waals surface area contributed by atoms with E-state index in [4.69, 9.17) is 0 Å². The highest BCUT2D eigenvalue weighted by Crippen LogP contribution is 2.29. The Hall–Kier alpha value is -1.92. The number of fused-ring (bicyclic) bond motifs is 1. The van der Waals surface area contributed by atoms with E-state index in [9.17, 15) is 4.79 Å². The molecule has 2 aromatic carbocycles. The molecule has 1 heterocycles. The molecule has 22 heavy (non-hydrogen) atoms. The number of thioether (sulfide) groups is 1. The van der Waals surface area contributed by atoms with E-state index in [1.807, 2.05) is 42.5 Å². The molecule has 0 bridgehead atoms. The molecule has 0 aliphatic heterocycles. The summed E-state index contributed by atoms with van der Waals surface area (Å²) in [5.74, 6) is -0.158. The molecule has 3 rings (SSSR count). The van der Waals surface area contributed by atoms with Crippen molar-refractivity contribution in [2.75, 3.05) is 5.32 Å². The van der Waals surface area contributed by atoms with Crippen molar-refractivity contribution in [2.24, 2.45) is 0 Å². The van der Waals surface area contributed by atoms with Crippen LogP contribution in [0.5, 0.6) is 0 Å². The largest absolute Gasteiger partial charge is 0.296 e. The lowest BCUT2D eigenvalue weighted by atomic mass is 10.0. The number of amides is 1. The van der Waals surface area contributed by atoms with Crippen molar-refractivity contribution in [3.8, 4) is 0 Å². The highest BCUT2D eigenvalue weighted by atomic mass is 32.2. The monoisotopic (exact) mass is 329 g/mol. The third-order valence-corrected chi connectivity index (χ3v) is 4.92. The van der Waals surface area contributed by atoms with E-state index in [2.05, 4.69) is 29.4 Å². The molecular formula is C16H15N3OS2. The van der Waals surface area contributed by atoms with Gasteiger partial charge in [-0.2, -0.15) is 0 Å². The number of carbonyl (C=O) groups is 1. The molecule has 0 saturated heterocycles. The highest BCUT2D eigenvalue weighted by Gasteiger charge is 2.13. The van der Waals surface area contributed by atoms with Gasteiger partial charge in [0.2, 0.25) is 5.13 Å². The smallest absolute Gasteiger partial charge is 0.258 e. The van der Waals surface area contributed by atoms with Crippen LogP contribution < -0.4 is 5.32 Å². The predicted molar refractivity (Wildman–Crippen MR) is 92.8 cm³/mol. The second-order valence-corrected chi connectivity index (χ2v) is 7.82. The minimum atomic E-state index is -0.158. The van der Waals surface area contributed by atoms with Crippen LogP contribution in [-0.4, -0.2) is 21.4 Å². The van der Waals surface area contributed by atoms with Crippen molar-refractivity contribution < 1.29 is 4.79 Å². The molecular weight excluding hydrogens is 314 g/mol. The molecule has 1 N–H and O–H groups in total. The van der Waals surface area contributed by atoms with Gasteiger partial charge in [0.15, 0.2) is 4.34 Å². The van der Waals surface area contributed by atoms with E-state index >= 15 is 0 Å². The SMILES string of the molecule is CC(C)Sc1nnc(NC(=O)c2cccc3ccccc23)s1. The second-order valence-electron chi connectivity index (χ2n) is 5.02. The Morgan fingerprint density at radius 2 is 1.91 bits per heavy atom. The van der Waals surface area contributed by atoms with Gasteiger partial charge in [0.25, 0.3) is 5.91 Å².